The number of furan rings is 1. The Labute approximate surface area is 314 Å². The summed E-state index contributed by atoms with van der Waals surface area (Å²) in [7, 11) is 0. The minimum atomic E-state index is 0.903. The molecule has 0 N–H and O–H groups in total. The van der Waals surface area contributed by atoms with Crippen molar-refractivity contribution in [2.75, 3.05) is 4.90 Å². The molecular weight excluding hydrogens is 657 g/mol. The van der Waals surface area contributed by atoms with E-state index in [9.17, 15) is 0 Å². The molecule has 0 saturated carbocycles. The van der Waals surface area contributed by atoms with Crippen molar-refractivity contribution < 1.29 is 4.42 Å². The van der Waals surface area contributed by atoms with Crippen molar-refractivity contribution >= 4 is 49.9 Å². The second-order valence-electron chi connectivity index (χ2n) is 13.6. The fraction of sp³-hybridized carbons (Fsp3) is 0. The Balaban J connectivity index is 1.06. The van der Waals surface area contributed by atoms with E-state index in [0.717, 1.165) is 83.4 Å². The van der Waals surface area contributed by atoms with E-state index in [1.165, 1.54) is 11.1 Å². The third-order valence-electron chi connectivity index (χ3n) is 10.3. The average Bonchev–Trinajstić information content (AvgIpc) is 3.64. The molecule has 10 aromatic rings. The lowest BCUT2D eigenvalue weighted by atomic mass is 9.97. The quantitative estimate of drug-likeness (QED) is 0.167. The summed E-state index contributed by atoms with van der Waals surface area (Å²) < 4.78 is 6.39. The first-order valence-corrected chi connectivity index (χ1v) is 18.3. The molecule has 3 heteroatoms. The Morgan fingerprint density at radius 3 is 1.59 bits per heavy atom. The number of benzene rings is 8. The molecule has 0 unspecified atom stereocenters. The van der Waals surface area contributed by atoms with Crippen LogP contribution in [0.4, 0.5) is 17.1 Å². The first kappa shape index (κ1) is 31.5. The van der Waals surface area contributed by atoms with Gasteiger partial charge in [0, 0.05) is 49.9 Å². The lowest BCUT2D eigenvalue weighted by Gasteiger charge is -2.26. The molecule has 54 heavy (non-hydrogen) atoms. The second-order valence-corrected chi connectivity index (χ2v) is 13.6. The summed E-state index contributed by atoms with van der Waals surface area (Å²) in [5.41, 5.74) is 14.8. The topological polar surface area (TPSA) is 29.3 Å². The molecule has 0 aliphatic rings. The van der Waals surface area contributed by atoms with E-state index < -0.39 is 0 Å². The molecule has 8 aromatic carbocycles. The molecule has 0 spiro atoms. The van der Waals surface area contributed by atoms with Gasteiger partial charge in [0.1, 0.15) is 11.2 Å². The van der Waals surface area contributed by atoms with Gasteiger partial charge in [-0.1, -0.05) is 152 Å². The van der Waals surface area contributed by atoms with Crippen LogP contribution in [0.25, 0.3) is 77.5 Å². The Hall–Kier alpha value is -7.23. The van der Waals surface area contributed by atoms with Crippen molar-refractivity contribution in [1.29, 1.82) is 0 Å². The summed E-state index contributed by atoms with van der Waals surface area (Å²) >= 11 is 0. The summed E-state index contributed by atoms with van der Waals surface area (Å²) in [4.78, 5) is 7.52. The fourth-order valence-electron chi connectivity index (χ4n) is 7.59. The number of para-hydroxylation sites is 3. The average molecular weight is 691 g/mol. The van der Waals surface area contributed by atoms with Crippen molar-refractivity contribution in [3.63, 3.8) is 0 Å². The van der Waals surface area contributed by atoms with Crippen LogP contribution in [0.15, 0.2) is 211 Å². The van der Waals surface area contributed by atoms with Crippen LogP contribution in [-0.4, -0.2) is 4.98 Å². The molecule has 0 bridgehead atoms. The Kier molecular flexibility index (Phi) is 7.81. The molecule has 0 radical (unpaired) electrons. The van der Waals surface area contributed by atoms with Gasteiger partial charge >= 0.3 is 0 Å². The highest BCUT2D eigenvalue weighted by molar-refractivity contribution is 6.09. The van der Waals surface area contributed by atoms with Gasteiger partial charge in [0.2, 0.25) is 0 Å². The number of hydrogen-bond donors (Lipinski definition) is 0. The van der Waals surface area contributed by atoms with Crippen LogP contribution in [0.1, 0.15) is 0 Å². The van der Waals surface area contributed by atoms with Gasteiger partial charge in [-0.25, -0.2) is 4.98 Å². The lowest BCUT2D eigenvalue weighted by Crippen LogP contribution is -2.09. The number of fused-ring (bicyclic) bond motifs is 4. The third-order valence-corrected chi connectivity index (χ3v) is 10.3. The maximum atomic E-state index is 6.39. The number of anilines is 3. The largest absolute Gasteiger partial charge is 0.455 e. The maximum Gasteiger partial charge on any atom is 0.143 e. The number of aromatic nitrogens is 1. The summed E-state index contributed by atoms with van der Waals surface area (Å²) in [6.07, 6.45) is 0. The zero-order valence-electron chi connectivity index (χ0n) is 29.4. The minimum Gasteiger partial charge on any atom is -0.455 e. The first-order valence-electron chi connectivity index (χ1n) is 18.3. The Morgan fingerprint density at radius 2 is 0.889 bits per heavy atom. The molecule has 0 atom stereocenters. The van der Waals surface area contributed by atoms with Gasteiger partial charge in [-0.2, -0.15) is 0 Å². The van der Waals surface area contributed by atoms with E-state index in [2.05, 4.69) is 193 Å². The van der Waals surface area contributed by atoms with Crippen LogP contribution in [0.2, 0.25) is 0 Å². The summed E-state index contributed by atoms with van der Waals surface area (Å²) in [6.45, 7) is 0. The highest BCUT2D eigenvalue weighted by Crippen LogP contribution is 2.41. The van der Waals surface area contributed by atoms with Gasteiger partial charge in [-0.3, -0.25) is 0 Å². The molecule has 2 aromatic heterocycles. The zero-order chi connectivity index (χ0) is 35.8. The van der Waals surface area contributed by atoms with E-state index in [1.54, 1.807) is 0 Å². The summed E-state index contributed by atoms with van der Waals surface area (Å²) in [5, 5.41) is 3.39. The van der Waals surface area contributed by atoms with Crippen LogP contribution in [-0.2, 0) is 0 Å². The van der Waals surface area contributed by atoms with Gasteiger partial charge in [0.25, 0.3) is 0 Å². The van der Waals surface area contributed by atoms with Crippen molar-refractivity contribution in [2.45, 2.75) is 0 Å². The van der Waals surface area contributed by atoms with Crippen LogP contribution in [0.3, 0.4) is 0 Å². The molecule has 0 saturated heterocycles. The number of pyridine rings is 1. The van der Waals surface area contributed by atoms with Gasteiger partial charge in [-0.05, 0) is 76.9 Å². The lowest BCUT2D eigenvalue weighted by molar-refractivity contribution is 0.670. The molecule has 0 fully saturated rings. The number of nitrogens with zero attached hydrogens (tertiary/aromatic N) is 2. The van der Waals surface area contributed by atoms with E-state index in [4.69, 9.17) is 9.40 Å². The van der Waals surface area contributed by atoms with Gasteiger partial charge in [0.05, 0.1) is 11.2 Å². The normalized spacial score (nSPS) is 11.3. The highest BCUT2D eigenvalue weighted by atomic mass is 16.3. The first-order chi connectivity index (χ1) is 26.8. The number of hydrogen-bond acceptors (Lipinski definition) is 3. The molecule has 2 heterocycles. The Bertz CT molecular complexity index is 2900. The third kappa shape index (κ3) is 5.69. The van der Waals surface area contributed by atoms with E-state index >= 15 is 0 Å². The van der Waals surface area contributed by atoms with Crippen LogP contribution < -0.4 is 4.90 Å². The van der Waals surface area contributed by atoms with Crippen molar-refractivity contribution in [2.24, 2.45) is 0 Å². The minimum absolute atomic E-state index is 0.903. The van der Waals surface area contributed by atoms with Crippen molar-refractivity contribution in [3.8, 4) is 44.6 Å². The standard InChI is InChI=1S/C51H34N2O/c1-3-12-35(13-4-1)36-22-28-41(29-23-36)53(42-30-24-38(25-31-42)44-18-11-19-46-45-17-8-10-21-49(45)54-51(44)46)43-32-26-39(27-33-43)50-47(37-14-5-2-6-15-37)34-40-16-7-9-20-48(40)52-50/h1-34H. The van der Waals surface area contributed by atoms with Gasteiger partial charge in [-0.15, -0.1) is 0 Å². The van der Waals surface area contributed by atoms with Gasteiger partial charge < -0.3 is 9.32 Å². The smallest absolute Gasteiger partial charge is 0.143 e. The zero-order valence-corrected chi connectivity index (χ0v) is 29.4. The molecule has 0 aliphatic carbocycles. The Morgan fingerprint density at radius 1 is 0.370 bits per heavy atom. The predicted molar refractivity (Wildman–Crippen MR) is 225 cm³/mol. The van der Waals surface area contributed by atoms with E-state index in [0.29, 0.717) is 0 Å². The van der Waals surface area contributed by atoms with Crippen LogP contribution >= 0.6 is 0 Å². The molecule has 10 rings (SSSR count). The molecule has 254 valence electrons. The highest BCUT2D eigenvalue weighted by Gasteiger charge is 2.17. The van der Waals surface area contributed by atoms with Crippen molar-refractivity contribution in [1.82, 2.24) is 4.98 Å². The second kappa shape index (κ2) is 13.4. The summed E-state index contributed by atoms with van der Waals surface area (Å²) in [5.74, 6) is 0. The molecular formula is C51H34N2O. The molecule has 3 nitrogen and oxygen atoms in total. The maximum absolute atomic E-state index is 6.39. The van der Waals surface area contributed by atoms with Crippen LogP contribution in [0, 0.1) is 0 Å². The fourth-order valence-corrected chi connectivity index (χ4v) is 7.59. The monoisotopic (exact) mass is 690 g/mol. The predicted octanol–water partition coefficient (Wildman–Crippen LogP) is 14.3. The van der Waals surface area contributed by atoms with Crippen molar-refractivity contribution in [3.05, 3.63) is 206 Å². The number of rotatable bonds is 7. The van der Waals surface area contributed by atoms with E-state index in [-0.39, 0.29) is 0 Å². The van der Waals surface area contributed by atoms with Gasteiger partial charge in [0.15, 0.2) is 0 Å². The molecule has 0 amide bonds. The van der Waals surface area contributed by atoms with E-state index in [1.807, 2.05) is 18.2 Å². The SMILES string of the molecule is c1ccc(-c2ccc(N(c3ccc(-c4nc5ccccc5cc4-c4ccccc4)cc3)c3ccc(-c4cccc5c4oc4ccccc45)cc3)cc2)cc1. The molecule has 0 aliphatic heterocycles. The van der Waals surface area contributed by atoms with Crippen LogP contribution in [0.5, 0.6) is 0 Å². The summed E-state index contributed by atoms with van der Waals surface area (Å²) in [6, 6.07) is 72.7.